The van der Waals surface area contributed by atoms with Crippen LogP contribution in [-0.4, -0.2) is 62.4 Å². The maximum absolute atomic E-state index is 8.25. The van der Waals surface area contributed by atoms with Crippen molar-refractivity contribution in [3.05, 3.63) is 0 Å². The van der Waals surface area contributed by atoms with Gasteiger partial charge in [0, 0.05) is 31.9 Å². The number of rotatable bonds is 32. The van der Waals surface area contributed by atoms with Crippen LogP contribution in [0.5, 0.6) is 0 Å². The Morgan fingerprint density at radius 3 is 0.648 bits per heavy atom. The molecule has 0 aliphatic heterocycles. The third-order valence-corrected chi connectivity index (χ3v) is 41.3. The van der Waals surface area contributed by atoms with Crippen molar-refractivity contribution in [2.45, 2.75) is 259 Å². The number of hydrogen-bond donors (Lipinski definition) is 0. The van der Waals surface area contributed by atoms with E-state index in [0.29, 0.717) is 69.7 Å². The molecule has 0 N–H and O–H groups in total. The first-order chi connectivity index (χ1) is 25.0. The molecule has 0 aliphatic rings. The third kappa shape index (κ3) is 14.2. The van der Waals surface area contributed by atoms with Crippen molar-refractivity contribution in [3.63, 3.8) is 0 Å². The summed E-state index contributed by atoms with van der Waals surface area (Å²) in [5.74, 6) is 0. The highest BCUT2D eigenvalue weighted by Crippen LogP contribution is 2.53. The quantitative estimate of drug-likeness (QED) is 0.0496. The zero-order valence-electron chi connectivity index (χ0n) is 40.3. The third-order valence-electron chi connectivity index (χ3n) is 12.9. The first-order valence-electron chi connectivity index (χ1n) is 23.0. The highest BCUT2D eigenvalue weighted by atomic mass is 28.5. The van der Waals surface area contributed by atoms with E-state index in [9.17, 15) is 0 Å². The second-order valence-corrected chi connectivity index (χ2v) is 41.8. The predicted octanol–water partition coefficient (Wildman–Crippen LogP) is 15.7. The Bertz CT molecular complexity index is 806. The maximum Gasteiger partial charge on any atom is 0.500 e. The molecule has 0 aromatic heterocycles. The molecule has 0 unspecified atom stereocenters. The van der Waals surface area contributed by atoms with E-state index in [4.69, 9.17) is 25.6 Å². The van der Waals surface area contributed by atoms with Crippen molar-refractivity contribution < 1.29 is 25.6 Å². The SMILES string of the molecule is CCO[Si](CCCCCCCCCC[Si](O[Si](C(C)C)(C(C)C)C(C)C)(O[Si](C(C)C)(C(C)C)C(C)C)O[Si](C(C)C)(C(C)C)C(C)C)(OCC)OCC. The molecule has 0 heterocycles. The van der Waals surface area contributed by atoms with Gasteiger partial charge >= 0.3 is 17.6 Å². The summed E-state index contributed by atoms with van der Waals surface area (Å²) < 4.78 is 43.0. The molecule has 0 saturated heterocycles. The lowest BCUT2D eigenvalue weighted by Crippen LogP contribution is -2.69. The molecular weight excluding hydrogens is 753 g/mol. The molecule has 0 aromatic carbocycles. The van der Waals surface area contributed by atoms with Crippen LogP contribution in [0.1, 0.15) is 197 Å². The zero-order valence-corrected chi connectivity index (χ0v) is 45.3. The number of unbranched alkanes of at least 4 members (excludes halogenated alkanes) is 7. The normalized spacial score (nSPS) is 14.3. The van der Waals surface area contributed by atoms with Crippen LogP contribution >= 0.6 is 0 Å². The first kappa shape index (κ1) is 54.8. The molecule has 0 atom stereocenters. The Hall–Kier alpha value is 0.844. The Morgan fingerprint density at radius 1 is 0.278 bits per heavy atom. The van der Waals surface area contributed by atoms with Gasteiger partial charge in [0.1, 0.15) is 0 Å². The topological polar surface area (TPSA) is 55.4 Å². The summed E-state index contributed by atoms with van der Waals surface area (Å²) in [6.07, 6.45) is 9.70. The lowest BCUT2D eigenvalue weighted by Gasteiger charge is -2.56. The maximum atomic E-state index is 8.25. The van der Waals surface area contributed by atoms with Crippen LogP contribution in [0.15, 0.2) is 0 Å². The predicted molar refractivity (Wildman–Crippen MR) is 249 cm³/mol. The summed E-state index contributed by atoms with van der Waals surface area (Å²) in [5, 5.41) is 0. The van der Waals surface area contributed by atoms with Crippen molar-refractivity contribution in [2.24, 2.45) is 0 Å². The van der Waals surface area contributed by atoms with Gasteiger partial charge in [0.15, 0.2) is 25.0 Å². The second kappa shape index (κ2) is 25.5. The molecular formula is C43H98O6Si5. The molecule has 0 bridgehead atoms. The molecule has 0 spiro atoms. The van der Waals surface area contributed by atoms with E-state index in [1.807, 2.05) is 20.8 Å². The van der Waals surface area contributed by atoms with Gasteiger partial charge in [0.2, 0.25) is 0 Å². The van der Waals surface area contributed by atoms with Crippen molar-refractivity contribution >= 4 is 42.6 Å². The first-order valence-corrected chi connectivity index (χ1v) is 33.3. The largest absolute Gasteiger partial charge is 0.500 e. The van der Waals surface area contributed by atoms with Crippen LogP contribution < -0.4 is 0 Å². The van der Waals surface area contributed by atoms with E-state index in [0.717, 1.165) is 24.9 Å². The Labute approximate surface area is 345 Å². The van der Waals surface area contributed by atoms with Gasteiger partial charge < -0.3 is 25.6 Å². The Balaban J connectivity index is 6.72. The summed E-state index contributed by atoms with van der Waals surface area (Å²) in [4.78, 5) is 0. The smallest absolute Gasteiger partial charge is 0.415 e. The second-order valence-electron chi connectivity index (χ2n) is 19.3. The lowest BCUT2D eigenvalue weighted by molar-refractivity contribution is 0.0706. The summed E-state index contributed by atoms with van der Waals surface area (Å²) in [5.41, 5.74) is 4.26. The van der Waals surface area contributed by atoms with Gasteiger partial charge in [-0.2, -0.15) is 0 Å². The van der Waals surface area contributed by atoms with Crippen molar-refractivity contribution in [1.82, 2.24) is 0 Å². The van der Waals surface area contributed by atoms with Crippen LogP contribution in [-0.2, 0) is 25.6 Å². The summed E-state index contributed by atoms with van der Waals surface area (Å²) in [6, 6.07) is 1.87. The molecule has 0 aliphatic carbocycles. The highest BCUT2D eigenvalue weighted by molar-refractivity contribution is 6.94. The summed E-state index contributed by atoms with van der Waals surface area (Å²) >= 11 is 0. The summed E-state index contributed by atoms with van der Waals surface area (Å²) in [6.45, 7) is 52.0. The van der Waals surface area contributed by atoms with E-state index in [2.05, 4.69) is 125 Å². The monoisotopic (exact) mass is 851 g/mol. The van der Waals surface area contributed by atoms with Crippen LogP contribution in [0.4, 0.5) is 0 Å². The minimum Gasteiger partial charge on any atom is -0.415 e. The van der Waals surface area contributed by atoms with Crippen LogP contribution in [0.3, 0.4) is 0 Å². The van der Waals surface area contributed by atoms with Gasteiger partial charge in [-0.1, -0.05) is 163 Å². The van der Waals surface area contributed by atoms with E-state index >= 15 is 0 Å². The van der Waals surface area contributed by atoms with Gasteiger partial charge in [0.25, 0.3) is 0 Å². The van der Waals surface area contributed by atoms with E-state index in [1.165, 1.54) is 38.5 Å². The van der Waals surface area contributed by atoms with E-state index in [-0.39, 0.29) is 0 Å². The number of hydrogen-bond acceptors (Lipinski definition) is 6. The minimum atomic E-state index is -3.24. The lowest BCUT2D eigenvalue weighted by atomic mass is 10.1. The average molecular weight is 852 g/mol. The average Bonchev–Trinajstić information content (AvgIpc) is 3.04. The van der Waals surface area contributed by atoms with Gasteiger partial charge in [0.05, 0.1) is 0 Å². The van der Waals surface area contributed by atoms with Crippen LogP contribution in [0.2, 0.25) is 62.0 Å². The zero-order chi connectivity index (χ0) is 42.1. The molecule has 0 radical (unpaired) electrons. The van der Waals surface area contributed by atoms with E-state index in [1.54, 1.807) is 0 Å². The summed E-state index contributed by atoms with van der Waals surface area (Å²) in [7, 11) is -12.9. The van der Waals surface area contributed by atoms with Gasteiger partial charge in [-0.25, -0.2) is 0 Å². The van der Waals surface area contributed by atoms with Crippen LogP contribution in [0, 0.1) is 0 Å². The molecule has 54 heavy (non-hydrogen) atoms. The van der Waals surface area contributed by atoms with Crippen molar-refractivity contribution in [2.75, 3.05) is 19.8 Å². The molecule has 0 saturated carbocycles. The minimum absolute atomic E-state index is 0.474. The van der Waals surface area contributed by atoms with Crippen LogP contribution in [0.25, 0.3) is 0 Å². The Kier molecular flexibility index (Phi) is 25.9. The van der Waals surface area contributed by atoms with Gasteiger partial charge in [-0.05, 0) is 83.5 Å². The van der Waals surface area contributed by atoms with Crippen molar-refractivity contribution in [1.29, 1.82) is 0 Å². The van der Waals surface area contributed by atoms with Gasteiger partial charge in [-0.15, -0.1) is 0 Å². The molecule has 0 rings (SSSR count). The molecule has 0 amide bonds. The molecule has 0 fully saturated rings. The molecule has 0 aromatic rings. The molecule has 326 valence electrons. The Morgan fingerprint density at radius 2 is 0.463 bits per heavy atom. The fourth-order valence-electron chi connectivity index (χ4n) is 10.8. The fourth-order valence-corrected chi connectivity index (χ4v) is 44.0. The molecule has 11 heteroatoms. The fraction of sp³-hybridized carbons (Fsp3) is 1.00. The van der Waals surface area contributed by atoms with E-state index < -0.39 is 42.6 Å². The standard InChI is InChI=1S/C43H98O6Si5/c1-22-44-50(45-23-2,46-24-3)33-31-29-27-25-26-28-30-32-34-51(47-52(35(4)5,36(6)7)37(8)9,48-53(38(10)11,39(12)13)40(14)15)49-54(41(16)17,42(18)19)43(20)21/h35-43H,22-34H2,1-21H3. The van der Waals surface area contributed by atoms with Gasteiger partial charge in [-0.3, -0.25) is 0 Å². The molecule has 6 nitrogen and oxygen atoms in total. The van der Waals surface area contributed by atoms with Crippen molar-refractivity contribution in [3.8, 4) is 0 Å². The highest BCUT2D eigenvalue weighted by Gasteiger charge is 2.63.